The highest BCUT2D eigenvalue weighted by Crippen LogP contribution is 2.04. The van der Waals surface area contributed by atoms with E-state index < -0.39 is 0 Å². The fraction of sp³-hybridized carbons (Fsp3) is 0.545. The van der Waals surface area contributed by atoms with Gasteiger partial charge in [0.25, 0.3) is 0 Å². The van der Waals surface area contributed by atoms with Gasteiger partial charge in [-0.25, -0.2) is 0 Å². The van der Waals surface area contributed by atoms with Crippen molar-refractivity contribution in [2.45, 2.75) is 39.4 Å². The largest absolute Gasteiger partial charge is 0.326 e. The van der Waals surface area contributed by atoms with Crippen LogP contribution in [0.5, 0.6) is 0 Å². The fourth-order valence-corrected chi connectivity index (χ4v) is 1.11. The zero-order chi connectivity index (χ0) is 10.6. The molecule has 0 fully saturated rings. The Morgan fingerprint density at radius 2 is 2.14 bits per heavy atom. The normalized spacial score (nSPS) is 11.7. The summed E-state index contributed by atoms with van der Waals surface area (Å²) in [6, 6.07) is 3.99. The molecule has 0 atom stereocenters. The van der Waals surface area contributed by atoms with Gasteiger partial charge in [-0.3, -0.25) is 4.98 Å². The molecular formula is C11H19N3. The van der Waals surface area contributed by atoms with E-state index in [0.29, 0.717) is 6.54 Å². The molecule has 3 nitrogen and oxygen atoms in total. The maximum atomic E-state index is 5.55. The average Bonchev–Trinajstić information content (AvgIpc) is 2.14. The predicted octanol–water partition coefficient (Wildman–Crippen LogP) is 1.43. The highest BCUT2D eigenvalue weighted by atomic mass is 15.0. The number of hydrogen-bond acceptors (Lipinski definition) is 3. The van der Waals surface area contributed by atoms with Crippen molar-refractivity contribution < 1.29 is 0 Å². The van der Waals surface area contributed by atoms with E-state index in [9.17, 15) is 0 Å². The van der Waals surface area contributed by atoms with E-state index in [2.05, 4.69) is 31.1 Å². The van der Waals surface area contributed by atoms with Crippen LogP contribution in [-0.4, -0.2) is 10.5 Å². The van der Waals surface area contributed by atoms with Crippen molar-refractivity contribution in [2.75, 3.05) is 0 Å². The first kappa shape index (κ1) is 11.1. The number of nitrogens with zero attached hydrogens (tertiary/aromatic N) is 1. The Kier molecular flexibility index (Phi) is 3.61. The van der Waals surface area contributed by atoms with Gasteiger partial charge in [-0.2, -0.15) is 0 Å². The van der Waals surface area contributed by atoms with Crippen LogP contribution < -0.4 is 11.1 Å². The molecule has 1 rings (SSSR count). The van der Waals surface area contributed by atoms with Gasteiger partial charge in [0.05, 0.1) is 5.69 Å². The third-order valence-corrected chi connectivity index (χ3v) is 1.92. The van der Waals surface area contributed by atoms with E-state index in [0.717, 1.165) is 17.8 Å². The minimum atomic E-state index is 0.125. The van der Waals surface area contributed by atoms with Gasteiger partial charge in [0.1, 0.15) is 0 Å². The molecule has 0 spiro atoms. The van der Waals surface area contributed by atoms with Gasteiger partial charge in [-0.05, 0) is 38.5 Å². The molecule has 0 aliphatic rings. The molecule has 0 unspecified atom stereocenters. The van der Waals surface area contributed by atoms with Crippen molar-refractivity contribution >= 4 is 0 Å². The van der Waals surface area contributed by atoms with Crippen molar-refractivity contribution in [1.82, 2.24) is 10.3 Å². The summed E-state index contributed by atoms with van der Waals surface area (Å²) in [5, 5.41) is 3.39. The Morgan fingerprint density at radius 1 is 1.43 bits per heavy atom. The Labute approximate surface area is 85.7 Å². The van der Waals surface area contributed by atoms with Crippen molar-refractivity contribution in [3.8, 4) is 0 Å². The lowest BCUT2D eigenvalue weighted by Gasteiger charge is -2.20. The molecule has 78 valence electrons. The molecule has 14 heavy (non-hydrogen) atoms. The van der Waals surface area contributed by atoms with Crippen LogP contribution >= 0.6 is 0 Å². The molecule has 0 aliphatic carbocycles. The first-order chi connectivity index (χ1) is 6.51. The van der Waals surface area contributed by atoms with Gasteiger partial charge >= 0.3 is 0 Å². The molecule has 0 saturated carbocycles. The molecule has 0 amide bonds. The lowest BCUT2D eigenvalue weighted by atomic mass is 10.1. The van der Waals surface area contributed by atoms with Crippen LogP contribution in [0.1, 0.15) is 32.0 Å². The van der Waals surface area contributed by atoms with Crippen molar-refractivity contribution in [1.29, 1.82) is 0 Å². The van der Waals surface area contributed by atoms with Gasteiger partial charge < -0.3 is 11.1 Å². The number of nitrogens with two attached hydrogens (primary N) is 1. The van der Waals surface area contributed by atoms with Gasteiger partial charge in [0.2, 0.25) is 0 Å². The van der Waals surface area contributed by atoms with Crippen LogP contribution in [-0.2, 0) is 13.1 Å². The zero-order valence-electron chi connectivity index (χ0n) is 9.17. The first-order valence-corrected chi connectivity index (χ1v) is 4.90. The Balaban J connectivity index is 2.59. The van der Waals surface area contributed by atoms with Crippen LogP contribution in [0.2, 0.25) is 0 Å². The quantitative estimate of drug-likeness (QED) is 0.763. The minimum Gasteiger partial charge on any atom is -0.326 e. The second-order valence-electron chi connectivity index (χ2n) is 4.46. The first-order valence-electron chi connectivity index (χ1n) is 4.90. The summed E-state index contributed by atoms with van der Waals surface area (Å²) in [7, 11) is 0. The Morgan fingerprint density at radius 3 is 2.71 bits per heavy atom. The minimum absolute atomic E-state index is 0.125. The van der Waals surface area contributed by atoms with Gasteiger partial charge in [0.15, 0.2) is 0 Å². The predicted molar refractivity (Wildman–Crippen MR) is 58.7 cm³/mol. The molecule has 0 bridgehead atoms. The lowest BCUT2D eigenvalue weighted by molar-refractivity contribution is 0.421. The molecule has 0 aliphatic heterocycles. The van der Waals surface area contributed by atoms with Crippen LogP contribution in [0, 0.1) is 0 Å². The number of aromatic nitrogens is 1. The highest BCUT2D eigenvalue weighted by Gasteiger charge is 2.08. The van der Waals surface area contributed by atoms with Crippen LogP contribution in [0.15, 0.2) is 18.3 Å². The van der Waals surface area contributed by atoms with Gasteiger partial charge in [0, 0.05) is 24.8 Å². The number of rotatable bonds is 3. The Hall–Kier alpha value is -0.930. The van der Waals surface area contributed by atoms with Crippen LogP contribution in [0.4, 0.5) is 0 Å². The van der Waals surface area contributed by atoms with E-state index >= 15 is 0 Å². The third-order valence-electron chi connectivity index (χ3n) is 1.92. The molecule has 0 aromatic carbocycles. The summed E-state index contributed by atoms with van der Waals surface area (Å²) in [6.07, 6.45) is 1.81. The average molecular weight is 193 g/mol. The van der Waals surface area contributed by atoms with Gasteiger partial charge in [-0.15, -0.1) is 0 Å². The fourth-order valence-electron chi connectivity index (χ4n) is 1.11. The van der Waals surface area contributed by atoms with Crippen molar-refractivity contribution in [2.24, 2.45) is 5.73 Å². The summed E-state index contributed by atoms with van der Waals surface area (Å²) in [4.78, 5) is 4.27. The third kappa shape index (κ3) is 3.85. The standard InChI is InChI=1S/C11H19N3/c1-11(2,3)14-8-10-6-9(7-12)4-5-13-10/h4-6,14H,7-8,12H2,1-3H3. The van der Waals surface area contributed by atoms with E-state index in [1.54, 1.807) is 0 Å². The number of nitrogens with one attached hydrogen (secondary N) is 1. The second kappa shape index (κ2) is 4.53. The van der Waals surface area contributed by atoms with E-state index in [1.165, 1.54) is 0 Å². The van der Waals surface area contributed by atoms with Crippen LogP contribution in [0.3, 0.4) is 0 Å². The zero-order valence-corrected chi connectivity index (χ0v) is 9.17. The Bertz CT molecular complexity index is 289. The lowest BCUT2D eigenvalue weighted by Crippen LogP contribution is -2.35. The molecule has 1 aromatic heterocycles. The molecule has 3 N–H and O–H groups in total. The summed E-state index contributed by atoms with van der Waals surface area (Å²) in [5.74, 6) is 0. The van der Waals surface area contributed by atoms with E-state index in [-0.39, 0.29) is 5.54 Å². The second-order valence-corrected chi connectivity index (χ2v) is 4.46. The SMILES string of the molecule is CC(C)(C)NCc1cc(CN)ccn1. The van der Waals surface area contributed by atoms with Crippen LogP contribution in [0.25, 0.3) is 0 Å². The van der Waals surface area contributed by atoms with Crippen molar-refractivity contribution in [3.05, 3.63) is 29.6 Å². The molecule has 3 heteroatoms. The molecule has 1 heterocycles. The molecule has 1 aromatic rings. The summed E-state index contributed by atoms with van der Waals surface area (Å²) in [6.45, 7) is 7.78. The van der Waals surface area contributed by atoms with E-state index in [4.69, 9.17) is 5.73 Å². The highest BCUT2D eigenvalue weighted by molar-refractivity contribution is 5.15. The van der Waals surface area contributed by atoms with Gasteiger partial charge in [-0.1, -0.05) is 0 Å². The maximum absolute atomic E-state index is 5.55. The van der Waals surface area contributed by atoms with E-state index in [1.807, 2.05) is 18.3 Å². The molecule has 0 saturated heterocycles. The summed E-state index contributed by atoms with van der Waals surface area (Å²) in [5.41, 5.74) is 7.85. The topological polar surface area (TPSA) is 50.9 Å². The summed E-state index contributed by atoms with van der Waals surface area (Å²) < 4.78 is 0. The maximum Gasteiger partial charge on any atom is 0.0545 e. The summed E-state index contributed by atoms with van der Waals surface area (Å²) >= 11 is 0. The smallest absolute Gasteiger partial charge is 0.0545 e. The number of pyridine rings is 1. The van der Waals surface area contributed by atoms with Crippen molar-refractivity contribution in [3.63, 3.8) is 0 Å². The molecule has 0 radical (unpaired) electrons. The monoisotopic (exact) mass is 193 g/mol. The molecular weight excluding hydrogens is 174 g/mol. The number of hydrogen-bond donors (Lipinski definition) is 2.